The molecule has 5 nitrogen and oxygen atoms in total. The highest BCUT2D eigenvalue weighted by molar-refractivity contribution is 7.19. The molecule has 0 radical (unpaired) electrons. The molecule has 0 fully saturated rings. The lowest BCUT2D eigenvalue weighted by Crippen LogP contribution is -2.17. The smallest absolute Gasteiger partial charge is 0.308 e. The van der Waals surface area contributed by atoms with Crippen LogP contribution in [0.1, 0.15) is 31.0 Å². The molecule has 1 atom stereocenters. The molecule has 0 spiro atoms. The maximum absolute atomic E-state index is 12.7. The third kappa shape index (κ3) is 3.70. The number of carbonyl (C=O) groups excluding carboxylic acids is 1. The Labute approximate surface area is 156 Å². The Bertz CT molecular complexity index is 976. The minimum Gasteiger partial charge on any atom is -0.466 e. The van der Waals surface area contributed by atoms with E-state index in [0.717, 1.165) is 20.8 Å². The lowest BCUT2D eigenvalue weighted by Gasteiger charge is -2.09. The number of esters is 1. The van der Waals surface area contributed by atoms with Gasteiger partial charge in [-0.25, -0.2) is 4.98 Å². The number of hydrogen-bond acceptors (Lipinski definition) is 5. The van der Waals surface area contributed by atoms with E-state index in [1.165, 1.54) is 11.3 Å². The molecule has 26 heavy (non-hydrogen) atoms. The van der Waals surface area contributed by atoms with Crippen LogP contribution in [0, 0.1) is 12.8 Å². The second-order valence-electron chi connectivity index (χ2n) is 6.28. The van der Waals surface area contributed by atoms with E-state index in [9.17, 15) is 9.59 Å². The van der Waals surface area contributed by atoms with Crippen molar-refractivity contribution in [2.75, 3.05) is 6.61 Å². The third-order valence-corrected chi connectivity index (χ3v) is 5.35. The van der Waals surface area contributed by atoms with Crippen LogP contribution in [-0.2, 0) is 16.0 Å². The Morgan fingerprint density at radius 1 is 1.31 bits per heavy atom. The van der Waals surface area contributed by atoms with Gasteiger partial charge in [0.1, 0.15) is 10.7 Å². The molecule has 0 bridgehead atoms. The van der Waals surface area contributed by atoms with Crippen LogP contribution in [0.4, 0.5) is 0 Å². The van der Waals surface area contributed by atoms with Gasteiger partial charge in [-0.2, -0.15) is 0 Å². The number of benzene rings is 1. The van der Waals surface area contributed by atoms with Crippen molar-refractivity contribution in [1.82, 2.24) is 9.97 Å². The summed E-state index contributed by atoms with van der Waals surface area (Å²) in [7, 11) is 0. The van der Waals surface area contributed by atoms with Gasteiger partial charge in [0, 0.05) is 16.9 Å². The van der Waals surface area contributed by atoms with Gasteiger partial charge < -0.3 is 9.72 Å². The number of nitrogens with zero attached hydrogens (tertiary/aromatic N) is 1. The fraction of sp³-hybridized carbons (Fsp3) is 0.350. The van der Waals surface area contributed by atoms with Gasteiger partial charge in [0.15, 0.2) is 0 Å². The zero-order valence-electron chi connectivity index (χ0n) is 15.2. The summed E-state index contributed by atoms with van der Waals surface area (Å²) < 4.78 is 5.02. The van der Waals surface area contributed by atoms with Crippen LogP contribution < -0.4 is 5.56 Å². The Morgan fingerprint density at radius 3 is 2.73 bits per heavy atom. The average Bonchev–Trinajstić information content (AvgIpc) is 2.97. The van der Waals surface area contributed by atoms with E-state index < -0.39 is 0 Å². The summed E-state index contributed by atoms with van der Waals surface area (Å²) in [6.45, 7) is 6.01. The van der Waals surface area contributed by atoms with Crippen molar-refractivity contribution >= 4 is 27.5 Å². The highest BCUT2D eigenvalue weighted by Gasteiger charge is 2.18. The van der Waals surface area contributed by atoms with Crippen LogP contribution in [0.3, 0.4) is 0 Å². The molecule has 3 aromatic rings. The zero-order chi connectivity index (χ0) is 18.7. The fourth-order valence-corrected chi connectivity index (χ4v) is 4.05. The van der Waals surface area contributed by atoms with Gasteiger partial charge in [-0.3, -0.25) is 9.59 Å². The van der Waals surface area contributed by atoms with Crippen molar-refractivity contribution in [2.45, 2.75) is 33.6 Å². The van der Waals surface area contributed by atoms with Crippen molar-refractivity contribution in [3.05, 3.63) is 51.4 Å². The first-order valence-corrected chi connectivity index (χ1v) is 9.57. The molecule has 0 saturated carbocycles. The molecule has 1 aromatic carbocycles. The number of rotatable bonds is 6. The summed E-state index contributed by atoms with van der Waals surface area (Å²) in [4.78, 5) is 33.8. The van der Waals surface area contributed by atoms with Crippen LogP contribution in [0.15, 0.2) is 35.1 Å². The molecule has 0 saturated heterocycles. The number of aromatic amines is 1. The van der Waals surface area contributed by atoms with Gasteiger partial charge in [0.2, 0.25) is 0 Å². The van der Waals surface area contributed by atoms with E-state index in [0.29, 0.717) is 30.7 Å². The normalized spacial score (nSPS) is 12.3. The molecule has 1 N–H and O–H groups in total. The van der Waals surface area contributed by atoms with E-state index in [-0.39, 0.29) is 17.4 Å². The van der Waals surface area contributed by atoms with Crippen molar-refractivity contribution in [3.8, 4) is 11.1 Å². The molecule has 2 aromatic heterocycles. The number of carbonyl (C=O) groups is 1. The number of fused-ring (bicyclic) bond motifs is 1. The molecule has 0 amide bonds. The molecular weight excluding hydrogens is 348 g/mol. The average molecular weight is 370 g/mol. The molecule has 0 aliphatic carbocycles. The fourth-order valence-electron chi connectivity index (χ4n) is 2.99. The molecule has 0 aliphatic heterocycles. The Balaban J connectivity index is 1.90. The van der Waals surface area contributed by atoms with Crippen molar-refractivity contribution < 1.29 is 9.53 Å². The Hall–Kier alpha value is -2.47. The van der Waals surface area contributed by atoms with E-state index in [2.05, 4.69) is 9.97 Å². The van der Waals surface area contributed by atoms with E-state index >= 15 is 0 Å². The molecule has 0 unspecified atom stereocenters. The number of aryl methyl sites for hydroxylation is 2. The molecule has 3 rings (SSSR count). The van der Waals surface area contributed by atoms with Crippen LogP contribution in [0.5, 0.6) is 0 Å². The van der Waals surface area contributed by atoms with E-state index in [4.69, 9.17) is 4.74 Å². The summed E-state index contributed by atoms with van der Waals surface area (Å²) >= 11 is 1.53. The number of H-pyrrole nitrogens is 1. The molecule has 2 heterocycles. The SMILES string of the molecule is CCOC(=O)[C@@H](C)CCc1nc2sc(C)c(-c3ccccc3)c2c(=O)[nH]1. The number of aromatic nitrogens is 2. The van der Waals surface area contributed by atoms with Crippen LogP contribution >= 0.6 is 11.3 Å². The predicted molar refractivity (Wildman–Crippen MR) is 105 cm³/mol. The predicted octanol–water partition coefficient (Wildman–Crippen LogP) is 4.09. The summed E-state index contributed by atoms with van der Waals surface area (Å²) in [5, 5.41) is 0.640. The van der Waals surface area contributed by atoms with Crippen molar-refractivity contribution in [3.63, 3.8) is 0 Å². The topological polar surface area (TPSA) is 72.0 Å². The van der Waals surface area contributed by atoms with Crippen molar-refractivity contribution in [1.29, 1.82) is 0 Å². The molecule has 6 heteroatoms. The highest BCUT2D eigenvalue weighted by atomic mass is 32.1. The summed E-state index contributed by atoms with van der Waals surface area (Å²) in [6.07, 6.45) is 1.12. The Kier molecular flexibility index (Phi) is 5.52. The number of nitrogens with one attached hydrogen (secondary N) is 1. The maximum atomic E-state index is 12.7. The molecular formula is C20H22N2O3S. The van der Waals surface area contributed by atoms with Gasteiger partial charge >= 0.3 is 5.97 Å². The number of hydrogen-bond donors (Lipinski definition) is 1. The minimum atomic E-state index is -0.221. The van der Waals surface area contributed by atoms with Crippen molar-refractivity contribution in [2.24, 2.45) is 5.92 Å². The first kappa shape index (κ1) is 18.3. The second kappa shape index (κ2) is 7.83. The maximum Gasteiger partial charge on any atom is 0.308 e. The van der Waals surface area contributed by atoms with Gasteiger partial charge in [0.25, 0.3) is 5.56 Å². The lowest BCUT2D eigenvalue weighted by atomic mass is 10.0. The molecule has 0 aliphatic rings. The lowest BCUT2D eigenvalue weighted by molar-refractivity contribution is -0.147. The molecule has 136 valence electrons. The first-order chi connectivity index (χ1) is 12.5. The van der Waals surface area contributed by atoms with Gasteiger partial charge in [0.05, 0.1) is 17.9 Å². The number of ether oxygens (including phenoxy) is 1. The Morgan fingerprint density at radius 2 is 2.04 bits per heavy atom. The summed E-state index contributed by atoms with van der Waals surface area (Å²) in [6, 6.07) is 9.89. The van der Waals surface area contributed by atoms with Gasteiger partial charge in [-0.05, 0) is 25.8 Å². The van der Waals surface area contributed by atoms with Crippen LogP contribution in [0.2, 0.25) is 0 Å². The van der Waals surface area contributed by atoms with Gasteiger partial charge in [-0.15, -0.1) is 11.3 Å². The summed E-state index contributed by atoms with van der Waals surface area (Å²) in [5.41, 5.74) is 1.84. The standard InChI is InChI=1S/C20H22N2O3S/c1-4-25-20(24)12(2)10-11-15-21-18(23)17-16(13(3)26-19(17)22-15)14-8-6-5-7-9-14/h5-9,12H,4,10-11H2,1-3H3,(H,21,22,23)/t12-/m0/s1. The second-order valence-corrected chi connectivity index (χ2v) is 7.49. The van der Waals surface area contributed by atoms with Crippen LogP contribution in [0.25, 0.3) is 21.3 Å². The third-order valence-electron chi connectivity index (χ3n) is 4.35. The largest absolute Gasteiger partial charge is 0.466 e. The van der Waals surface area contributed by atoms with E-state index in [1.807, 2.05) is 44.2 Å². The summed E-state index contributed by atoms with van der Waals surface area (Å²) in [5.74, 6) is 0.176. The van der Waals surface area contributed by atoms with Gasteiger partial charge in [-0.1, -0.05) is 37.3 Å². The van der Waals surface area contributed by atoms with E-state index in [1.54, 1.807) is 6.92 Å². The zero-order valence-corrected chi connectivity index (χ0v) is 16.0. The minimum absolute atomic E-state index is 0.128. The van der Waals surface area contributed by atoms with Crippen LogP contribution in [-0.4, -0.2) is 22.5 Å². The monoisotopic (exact) mass is 370 g/mol. The quantitative estimate of drug-likeness (QED) is 0.663. The highest BCUT2D eigenvalue weighted by Crippen LogP contribution is 2.35. The number of thiophene rings is 1. The first-order valence-electron chi connectivity index (χ1n) is 8.75.